The summed E-state index contributed by atoms with van der Waals surface area (Å²) in [6.45, 7) is 1.82. The minimum atomic E-state index is -0.517. The molecule has 1 aromatic carbocycles. The number of aromatic amines is 1. The number of nitrogens with zero attached hydrogens (tertiary/aromatic N) is 3. The van der Waals surface area contributed by atoms with Crippen LogP contribution in [0.25, 0.3) is 0 Å². The van der Waals surface area contributed by atoms with Crippen LogP contribution in [0.4, 0.5) is 11.5 Å². The number of nitro benzene ring substituents is 1. The van der Waals surface area contributed by atoms with E-state index < -0.39 is 4.92 Å². The molecule has 0 radical (unpaired) electrons. The molecular formula is C11H11N5O3. The second-order valence-electron chi connectivity index (χ2n) is 3.82. The second kappa shape index (κ2) is 5.17. The summed E-state index contributed by atoms with van der Waals surface area (Å²) in [6.07, 6.45) is 0. The van der Waals surface area contributed by atoms with Crippen LogP contribution in [0, 0.1) is 17.0 Å². The fourth-order valence-electron chi connectivity index (χ4n) is 1.53. The van der Waals surface area contributed by atoms with Gasteiger partial charge in [-0.1, -0.05) is 17.3 Å². The molecule has 0 aliphatic heterocycles. The molecule has 98 valence electrons. The highest BCUT2D eigenvalue weighted by atomic mass is 16.6. The molecule has 19 heavy (non-hydrogen) atoms. The molecule has 0 spiro atoms. The molecule has 2 aromatic rings. The minimum Gasteiger partial charge on any atom is -0.409 e. The largest absolute Gasteiger partial charge is 0.409 e. The normalized spacial score (nSPS) is 11.3. The molecule has 0 saturated heterocycles. The first-order chi connectivity index (χ1) is 9.10. The first-order valence-electron chi connectivity index (χ1n) is 5.36. The van der Waals surface area contributed by atoms with Crippen molar-refractivity contribution in [1.29, 1.82) is 0 Å². The number of hydrogen-bond donors (Lipinski definition) is 3. The maximum absolute atomic E-state index is 10.7. The lowest BCUT2D eigenvalue weighted by Crippen LogP contribution is -2.14. The van der Waals surface area contributed by atoms with Crippen molar-refractivity contribution in [3.8, 4) is 0 Å². The van der Waals surface area contributed by atoms with Gasteiger partial charge in [0.2, 0.25) is 0 Å². The van der Waals surface area contributed by atoms with Gasteiger partial charge in [-0.15, -0.1) is 0 Å². The molecule has 3 N–H and O–H groups in total. The highest BCUT2D eigenvalue weighted by molar-refractivity contribution is 6.07. The fraction of sp³-hybridized carbons (Fsp3) is 0.0909. The molecule has 1 heterocycles. The smallest absolute Gasteiger partial charge is 0.270 e. The zero-order valence-corrected chi connectivity index (χ0v) is 9.99. The van der Waals surface area contributed by atoms with Gasteiger partial charge >= 0.3 is 0 Å². The molecule has 0 aliphatic rings. The lowest BCUT2D eigenvalue weighted by molar-refractivity contribution is -0.384. The summed E-state index contributed by atoms with van der Waals surface area (Å²) in [5, 5.41) is 32.2. The Bertz CT molecular complexity index is 635. The number of amidine groups is 1. The number of nitro groups is 1. The number of non-ortho nitro benzene ring substituents is 1. The first-order valence-corrected chi connectivity index (χ1v) is 5.36. The predicted molar refractivity (Wildman–Crippen MR) is 68.4 cm³/mol. The van der Waals surface area contributed by atoms with Crippen LogP contribution >= 0.6 is 0 Å². The highest BCUT2D eigenvalue weighted by Gasteiger charge is 2.11. The number of anilines is 1. The van der Waals surface area contributed by atoms with Crippen LogP contribution in [0.15, 0.2) is 35.5 Å². The molecule has 8 nitrogen and oxygen atoms in total. The summed E-state index contributed by atoms with van der Waals surface area (Å²) in [7, 11) is 0. The zero-order valence-electron chi connectivity index (χ0n) is 9.99. The highest BCUT2D eigenvalue weighted by Crippen LogP contribution is 2.15. The molecule has 0 amide bonds. The van der Waals surface area contributed by atoms with Gasteiger partial charge in [0.1, 0.15) is 0 Å². The van der Waals surface area contributed by atoms with Gasteiger partial charge in [-0.3, -0.25) is 15.2 Å². The van der Waals surface area contributed by atoms with Gasteiger partial charge in [0.05, 0.1) is 4.92 Å². The Morgan fingerprint density at radius 2 is 2.32 bits per heavy atom. The zero-order chi connectivity index (χ0) is 13.8. The Kier molecular flexibility index (Phi) is 3.42. The third-order valence-corrected chi connectivity index (χ3v) is 2.38. The van der Waals surface area contributed by atoms with Gasteiger partial charge in [-0.25, -0.2) is 0 Å². The average molecular weight is 261 g/mol. The van der Waals surface area contributed by atoms with E-state index in [1.807, 2.05) is 6.92 Å². The maximum atomic E-state index is 10.7. The molecule has 2 rings (SSSR count). The summed E-state index contributed by atoms with van der Waals surface area (Å²) in [6, 6.07) is 7.48. The van der Waals surface area contributed by atoms with Crippen LogP contribution in [-0.2, 0) is 0 Å². The van der Waals surface area contributed by atoms with E-state index in [-0.39, 0.29) is 11.5 Å². The van der Waals surface area contributed by atoms with Gasteiger partial charge < -0.3 is 10.5 Å². The van der Waals surface area contributed by atoms with E-state index in [2.05, 4.69) is 20.7 Å². The van der Waals surface area contributed by atoms with Gasteiger partial charge in [0, 0.05) is 29.5 Å². The van der Waals surface area contributed by atoms with Crippen molar-refractivity contribution in [2.45, 2.75) is 6.92 Å². The summed E-state index contributed by atoms with van der Waals surface area (Å²) in [4.78, 5) is 10.2. The third-order valence-electron chi connectivity index (χ3n) is 2.38. The number of rotatable bonds is 3. The number of benzene rings is 1. The number of H-pyrrole nitrogens is 1. The van der Waals surface area contributed by atoms with E-state index in [0.717, 1.165) is 5.69 Å². The summed E-state index contributed by atoms with van der Waals surface area (Å²) >= 11 is 0. The SMILES string of the molecule is Cc1cc(NC(=NO)c2cccc([N+](=O)[O-])c2)n[nH]1. The van der Waals surface area contributed by atoms with Crippen LogP contribution in [0.3, 0.4) is 0 Å². The Labute approximate surface area is 107 Å². The van der Waals surface area contributed by atoms with E-state index in [9.17, 15) is 10.1 Å². The predicted octanol–water partition coefficient (Wildman–Crippen LogP) is 1.87. The van der Waals surface area contributed by atoms with Crippen LogP contribution in [0.5, 0.6) is 0 Å². The number of aromatic nitrogens is 2. The van der Waals surface area contributed by atoms with E-state index in [4.69, 9.17) is 5.21 Å². The lowest BCUT2D eigenvalue weighted by atomic mass is 10.2. The van der Waals surface area contributed by atoms with Gasteiger partial charge in [0.25, 0.3) is 5.69 Å². The first kappa shape index (κ1) is 12.6. The monoisotopic (exact) mass is 261 g/mol. The number of nitrogens with one attached hydrogen (secondary N) is 2. The van der Waals surface area contributed by atoms with E-state index in [1.54, 1.807) is 12.1 Å². The fourth-order valence-corrected chi connectivity index (χ4v) is 1.53. The van der Waals surface area contributed by atoms with Gasteiger partial charge in [-0.2, -0.15) is 5.10 Å². The Balaban J connectivity index is 2.27. The van der Waals surface area contributed by atoms with Crippen molar-refractivity contribution in [2.24, 2.45) is 5.16 Å². The Morgan fingerprint density at radius 3 is 2.89 bits per heavy atom. The van der Waals surface area contributed by atoms with Crippen LogP contribution < -0.4 is 5.32 Å². The average Bonchev–Trinajstić information content (AvgIpc) is 2.81. The Hall–Kier alpha value is -2.90. The molecule has 0 unspecified atom stereocenters. The number of hydrogen-bond acceptors (Lipinski definition) is 5. The molecule has 0 aliphatic carbocycles. The quantitative estimate of drug-likeness (QED) is 0.256. The van der Waals surface area contributed by atoms with Crippen molar-refractivity contribution in [1.82, 2.24) is 10.2 Å². The molecule has 8 heteroatoms. The van der Waals surface area contributed by atoms with Crippen LogP contribution in [0.1, 0.15) is 11.3 Å². The molecule has 0 saturated carbocycles. The van der Waals surface area contributed by atoms with Gasteiger partial charge in [0.15, 0.2) is 11.7 Å². The molecule has 1 aromatic heterocycles. The van der Waals surface area contributed by atoms with Crippen molar-refractivity contribution in [3.05, 3.63) is 51.7 Å². The van der Waals surface area contributed by atoms with Gasteiger partial charge in [-0.05, 0) is 6.92 Å². The van der Waals surface area contributed by atoms with Crippen molar-refractivity contribution < 1.29 is 10.1 Å². The minimum absolute atomic E-state index is 0.0789. The van der Waals surface area contributed by atoms with E-state index in [1.165, 1.54) is 18.2 Å². The Morgan fingerprint density at radius 1 is 1.53 bits per heavy atom. The van der Waals surface area contributed by atoms with E-state index >= 15 is 0 Å². The summed E-state index contributed by atoms with van der Waals surface area (Å²) in [5.74, 6) is 0.534. The maximum Gasteiger partial charge on any atom is 0.270 e. The topological polar surface area (TPSA) is 116 Å². The second-order valence-corrected chi connectivity index (χ2v) is 3.82. The van der Waals surface area contributed by atoms with Crippen molar-refractivity contribution in [2.75, 3.05) is 5.32 Å². The van der Waals surface area contributed by atoms with E-state index in [0.29, 0.717) is 11.4 Å². The van der Waals surface area contributed by atoms with Crippen molar-refractivity contribution >= 4 is 17.3 Å². The summed E-state index contributed by atoms with van der Waals surface area (Å²) < 4.78 is 0. The molecule has 0 bridgehead atoms. The lowest BCUT2D eigenvalue weighted by Gasteiger charge is -2.05. The number of oxime groups is 1. The summed E-state index contributed by atoms with van der Waals surface area (Å²) in [5.41, 5.74) is 1.13. The molecule has 0 atom stereocenters. The molecular weight excluding hydrogens is 250 g/mol. The van der Waals surface area contributed by atoms with Crippen LogP contribution in [0.2, 0.25) is 0 Å². The van der Waals surface area contributed by atoms with Crippen molar-refractivity contribution in [3.63, 3.8) is 0 Å². The van der Waals surface area contributed by atoms with Crippen LogP contribution in [-0.4, -0.2) is 26.2 Å². The standard InChI is InChI=1S/C11H11N5O3/c1-7-5-10(14-13-7)12-11(15-17)8-3-2-4-9(6-8)16(18)19/h2-6,17H,1H3,(H2,12,13,14,15). The number of aryl methyl sites for hydroxylation is 1. The molecule has 0 fully saturated rings. The third kappa shape index (κ3) is 2.86.